The van der Waals surface area contributed by atoms with Gasteiger partial charge in [-0.2, -0.15) is 0 Å². The van der Waals surface area contributed by atoms with E-state index in [-0.39, 0.29) is 5.43 Å². The molecule has 3 heteroatoms. The van der Waals surface area contributed by atoms with E-state index in [4.69, 9.17) is 0 Å². The van der Waals surface area contributed by atoms with Crippen molar-refractivity contribution in [2.75, 3.05) is 0 Å². The standard InChI is InChI=1S/C31H19NOS/c33-31-24-11-5-7-13-29(24)34-30-17-15-21(19-26(30)31)20-14-16-28-25(18-20)23-10-4-6-12-27(23)32(28)22-8-2-1-3-9-22/h1-19H. The second kappa shape index (κ2) is 7.41. The SMILES string of the molecule is O=c1c2ccccc2sc2ccc(-c3ccc4c(c3)c3ccccc3n4-c3ccccc3)cc12. The first kappa shape index (κ1) is 19.3. The topological polar surface area (TPSA) is 22.0 Å². The van der Waals surface area contributed by atoms with Gasteiger partial charge in [0.15, 0.2) is 5.43 Å². The van der Waals surface area contributed by atoms with Crippen molar-refractivity contribution in [2.45, 2.75) is 0 Å². The smallest absolute Gasteiger partial charge is 0.195 e. The molecule has 0 bridgehead atoms. The quantitative estimate of drug-likeness (QED) is 0.242. The molecule has 0 aliphatic heterocycles. The summed E-state index contributed by atoms with van der Waals surface area (Å²) in [7, 11) is 0. The fraction of sp³-hybridized carbons (Fsp3) is 0. The normalized spacial score (nSPS) is 11.6. The van der Waals surface area contributed by atoms with Gasteiger partial charge >= 0.3 is 0 Å². The molecule has 0 aliphatic rings. The minimum Gasteiger partial charge on any atom is -0.309 e. The van der Waals surface area contributed by atoms with Gasteiger partial charge in [-0.1, -0.05) is 60.7 Å². The van der Waals surface area contributed by atoms with Crippen LogP contribution in [0.5, 0.6) is 0 Å². The molecule has 2 heterocycles. The summed E-state index contributed by atoms with van der Waals surface area (Å²) in [4.78, 5) is 13.2. The summed E-state index contributed by atoms with van der Waals surface area (Å²) < 4.78 is 4.37. The van der Waals surface area contributed by atoms with E-state index in [1.165, 1.54) is 21.8 Å². The number of fused-ring (bicyclic) bond motifs is 5. The minimum atomic E-state index is 0.105. The third-order valence-electron chi connectivity index (χ3n) is 6.60. The number of hydrogen-bond acceptors (Lipinski definition) is 2. The number of hydrogen-bond donors (Lipinski definition) is 0. The molecule has 0 unspecified atom stereocenters. The molecule has 34 heavy (non-hydrogen) atoms. The van der Waals surface area contributed by atoms with Gasteiger partial charge in [-0.15, -0.1) is 11.3 Å². The van der Waals surface area contributed by atoms with Gasteiger partial charge in [0.05, 0.1) is 11.0 Å². The van der Waals surface area contributed by atoms with Crippen LogP contribution < -0.4 is 5.43 Å². The van der Waals surface area contributed by atoms with Gasteiger partial charge in [-0.3, -0.25) is 4.79 Å². The molecule has 5 aromatic carbocycles. The molecule has 0 spiro atoms. The lowest BCUT2D eigenvalue weighted by Gasteiger charge is -2.08. The average Bonchev–Trinajstić information content (AvgIpc) is 3.23. The molecule has 0 saturated heterocycles. The van der Waals surface area contributed by atoms with Crippen LogP contribution in [0.3, 0.4) is 0 Å². The van der Waals surface area contributed by atoms with Crippen LogP contribution in [0.1, 0.15) is 0 Å². The van der Waals surface area contributed by atoms with Crippen LogP contribution in [0.4, 0.5) is 0 Å². The van der Waals surface area contributed by atoms with E-state index < -0.39 is 0 Å². The maximum absolute atomic E-state index is 13.2. The molecule has 0 radical (unpaired) electrons. The molecule has 0 amide bonds. The molecule has 7 aromatic rings. The van der Waals surface area contributed by atoms with Crippen LogP contribution in [0.15, 0.2) is 120 Å². The zero-order valence-electron chi connectivity index (χ0n) is 18.2. The number of nitrogens with zero attached hydrogens (tertiary/aromatic N) is 1. The molecule has 0 aliphatic carbocycles. The lowest BCUT2D eigenvalue weighted by molar-refractivity contribution is 1.18. The first-order valence-electron chi connectivity index (χ1n) is 11.3. The highest BCUT2D eigenvalue weighted by Gasteiger charge is 2.13. The van der Waals surface area contributed by atoms with Crippen LogP contribution in [0.25, 0.3) is 58.8 Å². The Bertz CT molecular complexity index is 1930. The van der Waals surface area contributed by atoms with Crippen molar-refractivity contribution >= 4 is 53.3 Å². The van der Waals surface area contributed by atoms with Crippen LogP contribution in [0, 0.1) is 0 Å². The van der Waals surface area contributed by atoms with Gasteiger partial charge < -0.3 is 4.57 Å². The predicted molar refractivity (Wildman–Crippen MR) is 145 cm³/mol. The Kier molecular flexibility index (Phi) is 4.20. The maximum Gasteiger partial charge on any atom is 0.195 e. The van der Waals surface area contributed by atoms with Crippen molar-refractivity contribution in [3.63, 3.8) is 0 Å². The number of aromatic nitrogens is 1. The molecule has 0 N–H and O–H groups in total. The summed E-state index contributed by atoms with van der Waals surface area (Å²) in [6.07, 6.45) is 0. The lowest BCUT2D eigenvalue weighted by Crippen LogP contribution is -2.00. The summed E-state index contributed by atoms with van der Waals surface area (Å²) in [5, 5.41) is 4.01. The van der Waals surface area contributed by atoms with Crippen molar-refractivity contribution in [2.24, 2.45) is 0 Å². The highest BCUT2D eigenvalue weighted by Crippen LogP contribution is 2.35. The number of para-hydroxylation sites is 2. The van der Waals surface area contributed by atoms with Crippen LogP contribution in [0.2, 0.25) is 0 Å². The minimum absolute atomic E-state index is 0.105. The number of benzene rings is 5. The van der Waals surface area contributed by atoms with Crippen LogP contribution in [-0.2, 0) is 0 Å². The van der Waals surface area contributed by atoms with Gasteiger partial charge in [0, 0.05) is 36.6 Å². The van der Waals surface area contributed by atoms with Gasteiger partial charge in [-0.05, 0) is 65.7 Å². The van der Waals surface area contributed by atoms with Crippen LogP contribution >= 0.6 is 11.3 Å². The first-order chi connectivity index (χ1) is 16.8. The monoisotopic (exact) mass is 453 g/mol. The molecule has 2 nitrogen and oxygen atoms in total. The molecule has 160 valence electrons. The molecular formula is C31H19NOS. The van der Waals surface area contributed by atoms with Gasteiger partial charge in [0.1, 0.15) is 0 Å². The van der Waals surface area contributed by atoms with E-state index in [0.29, 0.717) is 0 Å². The summed E-state index contributed by atoms with van der Waals surface area (Å²) >= 11 is 1.67. The molecule has 7 rings (SSSR count). The Morgan fingerprint density at radius 2 is 1.12 bits per heavy atom. The molecular weight excluding hydrogens is 434 g/mol. The molecule has 0 atom stereocenters. The van der Waals surface area contributed by atoms with E-state index >= 15 is 0 Å². The molecule has 2 aromatic heterocycles. The Balaban J connectivity index is 1.48. The lowest BCUT2D eigenvalue weighted by atomic mass is 10.0. The Morgan fingerprint density at radius 3 is 1.97 bits per heavy atom. The summed E-state index contributed by atoms with van der Waals surface area (Å²) in [6, 6.07) is 39.8. The Hall–Kier alpha value is -4.21. The predicted octanol–water partition coefficient (Wildman–Crippen LogP) is 8.18. The van der Waals surface area contributed by atoms with E-state index in [0.717, 1.165) is 37.0 Å². The summed E-state index contributed by atoms with van der Waals surface area (Å²) in [6.45, 7) is 0. The zero-order chi connectivity index (χ0) is 22.6. The van der Waals surface area contributed by atoms with Crippen molar-refractivity contribution in [3.05, 3.63) is 125 Å². The van der Waals surface area contributed by atoms with Gasteiger partial charge in [0.2, 0.25) is 0 Å². The average molecular weight is 454 g/mol. The Labute approximate surface area is 200 Å². The van der Waals surface area contributed by atoms with Crippen molar-refractivity contribution < 1.29 is 0 Å². The summed E-state index contributed by atoms with van der Waals surface area (Å²) in [5.41, 5.74) is 5.79. The highest BCUT2D eigenvalue weighted by atomic mass is 32.1. The second-order valence-electron chi connectivity index (χ2n) is 8.56. The molecule has 0 fully saturated rings. The third kappa shape index (κ3) is 2.84. The van der Waals surface area contributed by atoms with E-state index in [9.17, 15) is 4.79 Å². The van der Waals surface area contributed by atoms with Crippen molar-refractivity contribution in [3.8, 4) is 16.8 Å². The van der Waals surface area contributed by atoms with Gasteiger partial charge in [0.25, 0.3) is 0 Å². The van der Waals surface area contributed by atoms with Crippen molar-refractivity contribution in [1.82, 2.24) is 4.57 Å². The fourth-order valence-corrected chi connectivity index (χ4v) is 6.04. The van der Waals surface area contributed by atoms with E-state index in [2.05, 4.69) is 89.5 Å². The first-order valence-corrected chi connectivity index (χ1v) is 12.1. The summed E-state index contributed by atoms with van der Waals surface area (Å²) in [5.74, 6) is 0. The van der Waals surface area contributed by atoms with E-state index in [1.807, 2.05) is 30.3 Å². The zero-order valence-corrected chi connectivity index (χ0v) is 19.0. The highest BCUT2D eigenvalue weighted by molar-refractivity contribution is 7.24. The van der Waals surface area contributed by atoms with Crippen LogP contribution in [-0.4, -0.2) is 4.57 Å². The van der Waals surface area contributed by atoms with Crippen molar-refractivity contribution in [1.29, 1.82) is 0 Å². The van der Waals surface area contributed by atoms with Gasteiger partial charge in [-0.25, -0.2) is 0 Å². The maximum atomic E-state index is 13.2. The fourth-order valence-electron chi connectivity index (χ4n) is 4.99. The molecule has 0 saturated carbocycles. The third-order valence-corrected chi connectivity index (χ3v) is 7.75. The largest absolute Gasteiger partial charge is 0.309 e. The number of rotatable bonds is 2. The van der Waals surface area contributed by atoms with E-state index in [1.54, 1.807) is 11.3 Å². The second-order valence-corrected chi connectivity index (χ2v) is 9.64. The Morgan fingerprint density at radius 1 is 0.500 bits per heavy atom.